The van der Waals surface area contributed by atoms with Gasteiger partial charge >= 0.3 is 0 Å². The summed E-state index contributed by atoms with van der Waals surface area (Å²) in [6.45, 7) is 0. The number of ketones is 2. The molecule has 0 radical (unpaired) electrons. The Morgan fingerprint density at radius 3 is 2.22 bits per heavy atom. The van der Waals surface area contributed by atoms with Crippen LogP contribution in [0.4, 0.5) is 0 Å². The fourth-order valence-electron chi connectivity index (χ4n) is 2.38. The van der Waals surface area contributed by atoms with Crippen molar-refractivity contribution in [1.82, 2.24) is 4.57 Å². The number of halogens is 1. The van der Waals surface area contributed by atoms with Crippen LogP contribution in [0.15, 0.2) is 30.6 Å². The molecule has 0 N–H and O–H groups in total. The molecule has 2 aromatic rings. The van der Waals surface area contributed by atoms with E-state index in [1.165, 1.54) is 0 Å². The van der Waals surface area contributed by atoms with Crippen LogP contribution in [0.5, 0.6) is 0 Å². The van der Waals surface area contributed by atoms with Crippen molar-refractivity contribution in [3.05, 3.63) is 53.1 Å². The molecule has 1 aliphatic carbocycles. The molecule has 0 spiro atoms. The Labute approximate surface area is 121 Å². The van der Waals surface area contributed by atoms with Gasteiger partial charge in [-0.25, -0.2) is 9.13 Å². The molecule has 3 rings (SSSR count). The molecule has 0 amide bonds. The fourth-order valence-corrected chi connectivity index (χ4v) is 2.38. The van der Waals surface area contributed by atoms with Crippen molar-refractivity contribution in [3.8, 4) is 0 Å². The summed E-state index contributed by atoms with van der Waals surface area (Å²) in [5.41, 5.74) is 1.92. The third-order valence-corrected chi connectivity index (χ3v) is 3.12. The molecule has 92 valence electrons. The third kappa shape index (κ3) is 1.53. The maximum atomic E-state index is 12.3. The maximum absolute atomic E-state index is 12.3. The first kappa shape index (κ1) is 12.9. The highest BCUT2D eigenvalue weighted by molar-refractivity contribution is 6.26. The first-order valence-corrected chi connectivity index (χ1v) is 5.34. The largest absolute Gasteiger partial charge is 1.00 e. The number of rotatable bonds is 0. The van der Waals surface area contributed by atoms with E-state index in [9.17, 15) is 9.59 Å². The monoisotopic (exact) mass is 354 g/mol. The number of fused-ring (bicyclic) bond motifs is 2. The number of hydrogen-bond acceptors (Lipinski definition) is 2. The van der Waals surface area contributed by atoms with Gasteiger partial charge in [0, 0.05) is 11.1 Å². The summed E-state index contributed by atoms with van der Waals surface area (Å²) in [6.07, 6.45) is 1.74. The van der Waals surface area contributed by atoms with Gasteiger partial charge < -0.3 is 24.0 Å². The summed E-state index contributed by atoms with van der Waals surface area (Å²) in [4.78, 5) is 24.6. The zero-order valence-electron chi connectivity index (χ0n) is 9.98. The molecule has 1 heterocycles. The summed E-state index contributed by atoms with van der Waals surface area (Å²) in [5, 5.41) is 0. The van der Waals surface area contributed by atoms with Crippen molar-refractivity contribution in [2.24, 2.45) is 14.1 Å². The minimum absolute atomic E-state index is 0. The van der Waals surface area contributed by atoms with Gasteiger partial charge in [0.2, 0.25) is 29.3 Å². The molecule has 0 saturated carbocycles. The van der Waals surface area contributed by atoms with Gasteiger partial charge in [-0.2, -0.15) is 0 Å². The maximum Gasteiger partial charge on any atom is 0.244 e. The number of carbonyl (C=O) groups is 2. The Morgan fingerprint density at radius 1 is 1.06 bits per heavy atom. The molecule has 0 aliphatic heterocycles. The minimum Gasteiger partial charge on any atom is -1.00 e. The number of imidazole rings is 1. The summed E-state index contributed by atoms with van der Waals surface area (Å²) >= 11 is 0. The molecule has 1 aliphatic rings. The molecule has 5 heteroatoms. The molecule has 0 unspecified atom stereocenters. The molecule has 0 fully saturated rings. The van der Waals surface area contributed by atoms with E-state index in [1.807, 2.05) is 0 Å². The van der Waals surface area contributed by atoms with Crippen molar-refractivity contribution in [2.45, 2.75) is 0 Å². The zero-order chi connectivity index (χ0) is 12.2. The highest BCUT2D eigenvalue weighted by Gasteiger charge is 2.38. The number of benzene rings is 1. The fraction of sp³-hybridized carbons (Fsp3) is 0.154. The standard InChI is InChI=1S/C13H11N2O2.HI/c1-14-7-15(2)11-10(14)12(16)8-5-3-4-6-9(8)13(11)17;/h3-7H,1-2H3;1H/q+1;/p-1. The lowest BCUT2D eigenvalue weighted by atomic mass is 9.90. The van der Waals surface area contributed by atoms with Gasteiger partial charge in [0.05, 0.1) is 14.1 Å². The van der Waals surface area contributed by atoms with E-state index >= 15 is 0 Å². The van der Waals surface area contributed by atoms with E-state index in [1.54, 1.807) is 53.8 Å². The predicted octanol–water partition coefficient (Wildman–Crippen LogP) is -2.37. The van der Waals surface area contributed by atoms with Crippen LogP contribution >= 0.6 is 0 Å². The normalized spacial score (nSPS) is 12.8. The SMILES string of the molecule is Cn1c[n+](C)c2c1C(=O)c1ccccc1C2=O.[I-]. The Morgan fingerprint density at radius 2 is 1.61 bits per heavy atom. The molecular formula is C13H11IN2O2. The average Bonchev–Trinajstić information content (AvgIpc) is 2.62. The van der Waals surface area contributed by atoms with Crippen LogP contribution in [0, 0.1) is 0 Å². The van der Waals surface area contributed by atoms with E-state index in [0.29, 0.717) is 22.5 Å². The zero-order valence-corrected chi connectivity index (χ0v) is 12.1. The number of carbonyl (C=O) groups excluding carboxylic acids is 2. The van der Waals surface area contributed by atoms with Crippen LogP contribution in [-0.2, 0) is 14.1 Å². The molecule has 1 aromatic heterocycles. The van der Waals surface area contributed by atoms with Crippen molar-refractivity contribution in [2.75, 3.05) is 0 Å². The highest BCUT2D eigenvalue weighted by atomic mass is 127. The van der Waals surface area contributed by atoms with Crippen LogP contribution in [-0.4, -0.2) is 16.1 Å². The van der Waals surface area contributed by atoms with Crippen LogP contribution < -0.4 is 28.5 Å². The second-order valence-corrected chi connectivity index (χ2v) is 4.24. The molecule has 18 heavy (non-hydrogen) atoms. The lowest BCUT2D eigenvalue weighted by Gasteiger charge is -2.11. The summed E-state index contributed by atoms with van der Waals surface area (Å²) in [7, 11) is 3.55. The van der Waals surface area contributed by atoms with Gasteiger partial charge in [0.25, 0.3) is 0 Å². The second-order valence-electron chi connectivity index (χ2n) is 4.24. The van der Waals surface area contributed by atoms with Gasteiger partial charge in [-0.1, -0.05) is 24.3 Å². The Balaban J connectivity index is 0.00000120. The highest BCUT2D eigenvalue weighted by Crippen LogP contribution is 2.24. The topological polar surface area (TPSA) is 43.0 Å². The number of aryl methyl sites for hydroxylation is 2. The minimum atomic E-state index is -0.0849. The van der Waals surface area contributed by atoms with Crippen LogP contribution in [0.2, 0.25) is 0 Å². The third-order valence-electron chi connectivity index (χ3n) is 3.12. The van der Waals surface area contributed by atoms with E-state index in [4.69, 9.17) is 0 Å². The van der Waals surface area contributed by atoms with Gasteiger partial charge in [0.15, 0.2) is 0 Å². The van der Waals surface area contributed by atoms with Crippen molar-refractivity contribution >= 4 is 11.6 Å². The Kier molecular flexibility index (Phi) is 3.10. The summed E-state index contributed by atoms with van der Waals surface area (Å²) in [5.74, 6) is -0.170. The van der Waals surface area contributed by atoms with Crippen molar-refractivity contribution in [3.63, 3.8) is 0 Å². The Hall–Kier alpha value is -1.50. The molecule has 4 nitrogen and oxygen atoms in total. The first-order valence-electron chi connectivity index (χ1n) is 5.34. The number of nitrogens with zero attached hydrogens (tertiary/aromatic N) is 2. The smallest absolute Gasteiger partial charge is 0.244 e. The predicted molar refractivity (Wildman–Crippen MR) is 59.9 cm³/mol. The van der Waals surface area contributed by atoms with Gasteiger partial charge in [-0.15, -0.1) is 0 Å². The molecule has 0 atom stereocenters. The lowest BCUT2D eigenvalue weighted by molar-refractivity contribution is -0.672. The summed E-state index contributed by atoms with van der Waals surface area (Å²) < 4.78 is 3.40. The first-order chi connectivity index (χ1) is 8.11. The van der Waals surface area contributed by atoms with Crippen molar-refractivity contribution < 1.29 is 38.1 Å². The molecule has 1 aromatic carbocycles. The van der Waals surface area contributed by atoms with E-state index in [0.717, 1.165) is 0 Å². The molecular weight excluding hydrogens is 343 g/mol. The van der Waals surface area contributed by atoms with Gasteiger partial charge in [-0.05, 0) is 0 Å². The number of aromatic nitrogens is 2. The number of hydrogen-bond donors (Lipinski definition) is 0. The van der Waals surface area contributed by atoms with Crippen LogP contribution in [0.1, 0.15) is 32.1 Å². The molecule has 0 bridgehead atoms. The van der Waals surface area contributed by atoms with Crippen molar-refractivity contribution in [1.29, 1.82) is 0 Å². The average molecular weight is 354 g/mol. The lowest BCUT2D eigenvalue weighted by Crippen LogP contribution is -3.00. The van der Waals surface area contributed by atoms with E-state index < -0.39 is 0 Å². The Bertz CT molecular complexity index is 618. The van der Waals surface area contributed by atoms with Crippen LogP contribution in [0.3, 0.4) is 0 Å². The quantitative estimate of drug-likeness (QED) is 0.335. The summed E-state index contributed by atoms with van der Waals surface area (Å²) in [6, 6.07) is 6.95. The second kappa shape index (κ2) is 4.31. The van der Waals surface area contributed by atoms with Gasteiger partial charge in [0.1, 0.15) is 0 Å². The molecule has 0 saturated heterocycles. The van der Waals surface area contributed by atoms with Gasteiger partial charge in [-0.3, -0.25) is 9.59 Å². The van der Waals surface area contributed by atoms with E-state index in [2.05, 4.69) is 0 Å². The van der Waals surface area contributed by atoms with Crippen LogP contribution in [0.25, 0.3) is 0 Å². The van der Waals surface area contributed by atoms with E-state index in [-0.39, 0.29) is 35.5 Å².